The van der Waals surface area contributed by atoms with E-state index in [4.69, 9.17) is 21.1 Å². The molecule has 112 valence electrons. The number of anilines is 1. The maximum absolute atomic E-state index is 10.3. The van der Waals surface area contributed by atoms with E-state index >= 15 is 0 Å². The van der Waals surface area contributed by atoms with Crippen LogP contribution in [0.15, 0.2) is 36.5 Å². The Hall–Kier alpha value is -1.98. The lowest BCUT2D eigenvalue weighted by molar-refractivity contribution is 0.186. The summed E-state index contributed by atoms with van der Waals surface area (Å²) in [5, 5.41) is 13.9. The molecule has 1 atom stereocenters. The fraction of sp³-hybridized carbons (Fsp3) is 0.267. The summed E-state index contributed by atoms with van der Waals surface area (Å²) in [6, 6.07) is 8.77. The Balaban J connectivity index is 2.08. The lowest BCUT2D eigenvalue weighted by Crippen LogP contribution is -2.13. The third-order valence-corrected chi connectivity index (χ3v) is 3.22. The first kappa shape index (κ1) is 15.4. The summed E-state index contributed by atoms with van der Waals surface area (Å²) in [5.41, 5.74) is 0.651. The second-order valence-electron chi connectivity index (χ2n) is 4.37. The standard InChI is InChI=1S/C15H17ClN2O3/c1-20-11-4-5-14(21-2)12(7-11)13(19)9-18-15-6-3-10(16)8-17-15/h3-8,13,19H,9H2,1-2H3,(H,17,18). The second-order valence-corrected chi connectivity index (χ2v) is 4.80. The number of nitrogens with one attached hydrogen (secondary N) is 1. The number of ether oxygens (including phenoxy) is 2. The van der Waals surface area contributed by atoms with Crippen LogP contribution in [-0.2, 0) is 0 Å². The lowest BCUT2D eigenvalue weighted by atomic mass is 10.1. The number of aliphatic hydroxyl groups is 1. The molecule has 0 saturated carbocycles. The molecule has 0 fully saturated rings. The highest BCUT2D eigenvalue weighted by atomic mass is 35.5. The van der Waals surface area contributed by atoms with E-state index in [0.717, 1.165) is 0 Å². The van der Waals surface area contributed by atoms with Gasteiger partial charge in [-0.05, 0) is 30.3 Å². The van der Waals surface area contributed by atoms with Crippen molar-refractivity contribution in [2.24, 2.45) is 0 Å². The van der Waals surface area contributed by atoms with E-state index in [1.807, 2.05) is 0 Å². The largest absolute Gasteiger partial charge is 0.497 e. The molecule has 0 bridgehead atoms. The Kier molecular flexibility index (Phi) is 5.25. The summed E-state index contributed by atoms with van der Waals surface area (Å²) in [4.78, 5) is 4.11. The summed E-state index contributed by atoms with van der Waals surface area (Å²) in [6.45, 7) is 0.290. The molecule has 0 aliphatic heterocycles. The minimum Gasteiger partial charge on any atom is -0.497 e. The van der Waals surface area contributed by atoms with Gasteiger partial charge in [0.05, 0.1) is 25.3 Å². The van der Waals surface area contributed by atoms with E-state index < -0.39 is 6.10 Å². The summed E-state index contributed by atoms with van der Waals surface area (Å²) < 4.78 is 10.4. The van der Waals surface area contributed by atoms with Crippen LogP contribution < -0.4 is 14.8 Å². The predicted molar refractivity (Wildman–Crippen MR) is 82.2 cm³/mol. The molecular formula is C15H17ClN2O3. The highest BCUT2D eigenvalue weighted by molar-refractivity contribution is 6.30. The minimum atomic E-state index is -0.757. The van der Waals surface area contributed by atoms with Crippen molar-refractivity contribution in [3.8, 4) is 11.5 Å². The maximum atomic E-state index is 10.3. The van der Waals surface area contributed by atoms with Crippen LogP contribution in [0.2, 0.25) is 5.02 Å². The molecule has 0 amide bonds. The van der Waals surface area contributed by atoms with Gasteiger partial charge in [-0.2, -0.15) is 0 Å². The Bertz CT molecular complexity index is 590. The van der Waals surface area contributed by atoms with Crippen LogP contribution in [0.4, 0.5) is 5.82 Å². The Morgan fingerprint density at radius 3 is 2.67 bits per heavy atom. The van der Waals surface area contributed by atoms with Gasteiger partial charge in [0.1, 0.15) is 17.3 Å². The van der Waals surface area contributed by atoms with Gasteiger partial charge in [-0.15, -0.1) is 0 Å². The molecule has 1 heterocycles. The molecule has 0 radical (unpaired) electrons. The van der Waals surface area contributed by atoms with Gasteiger partial charge in [-0.3, -0.25) is 0 Å². The van der Waals surface area contributed by atoms with Gasteiger partial charge in [0.25, 0.3) is 0 Å². The number of aliphatic hydroxyl groups excluding tert-OH is 1. The first-order valence-electron chi connectivity index (χ1n) is 6.39. The molecule has 2 N–H and O–H groups in total. The summed E-state index contributed by atoms with van der Waals surface area (Å²) in [7, 11) is 3.14. The van der Waals surface area contributed by atoms with Crippen molar-refractivity contribution in [2.45, 2.75) is 6.10 Å². The zero-order chi connectivity index (χ0) is 15.2. The molecular weight excluding hydrogens is 292 g/mol. The number of pyridine rings is 1. The minimum absolute atomic E-state index is 0.290. The van der Waals surface area contributed by atoms with Gasteiger partial charge in [0.15, 0.2) is 0 Å². The molecule has 5 nitrogen and oxygen atoms in total. The first-order chi connectivity index (χ1) is 10.1. The number of nitrogens with zero attached hydrogens (tertiary/aromatic N) is 1. The van der Waals surface area contributed by atoms with Crippen molar-refractivity contribution >= 4 is 17.4 Å². The molecule has 21 heavy (non-hydrogen) atoms. The zero-order valence-electron chi connectivity index (χ0n) is 11.8. The monoisotopic (exact) mass is 308 g/mol. The molecule has 2 rings (SSSR count). The first-order valence-corrected chi connectivity index (χ1v) is 6.77. The van der Waals surface area contributed by atoms with Crippen molar-refractivity contribution in [3.63, 3.8) is 0 Å². The van der Waals surface area contributed by atoms with E-state index in [9.17, 15) is 5.11 Å². The Labute approximate surface area is 128 Å². The maximum Gasteiger partial charge on any atom is 0.126 e. The number of hydrogen-bond donors (Lipinski definition) is 2. The average molecular weight is 309 g/mol. The van der Waals surface area contributed by atoms with Crippen molar-refractivity contribution in [3.05, 3.63) is 47.1 Å². The van der Waals surface area contributed by atoms with Crippen LogP contribution >= 0.6 is 11.6 Å². The number of rotatable bonds is 6. The quantitative estimate of drug-likeness (QED) is 0.859. The van der Waals surface area contributed by atoms with E-state index in [0.29, 0.717) is 27.9 Å². The average Bonchev–Trinajstić information content (AvgIpc) is 2.53. The summed E-state index contributed by atoms with van der Waals surface area (Å²) in [5.74, 6) is 1.91. The fourth-order valence-electron chi connectivity index (χ4n) is 1.89. The van der Waals surface area contributed by atoms with Crippen molar-refractivity contribution in [2.75, 3.05) is 26.1 Å². The third kappa shape index (κ3) is 4.00. The van der Waals surface area contributed by atoms with Crippen molar-refractivity contribution in [1.29, 1.82) is 0 Å². The van der Waals surface area contributed by atoms with E-state index in [1.165, 1.54) is 0 Å². The van der Waals surface area contributed by atoms with Crippen molar-refractivity contribution < 1.29 is 14.6 Å². The van der Waals surface area contributed by atoms with Gasteiger partial charge >= 0.3 is 0 Å². The van der Waals surface area contributed by atoms with E-state index in [1.54, 1.807) is 50.7 Å². The molecule has 0 aliphatic carbocycles. The molecule has 1 unspecified atom stereocenters. The number of methoxy groups -OCH3 is 2. The van der Waals surface area contributed by atoms with Crippen molar-refractivity contribution in [1.82, 2.24) is 4.98 Å². The summed E-state index contributed by atoms with van der Waals surface area (Å²) in [6.07, 6.45) is 0.787. The normalized spacial score (nSPS) is 11.8. The molecule has 0 spiro atoms. The Morgan fingerprint density at radius 2 is 2.05 bits per heavy atom. The molecule has 2 aromatic rings. The van der Waals surface area contributed by atoms with E-state index in [-0.39, 0.29) is 6.54 Å². The number of halogens is 1. The predicted octanol–water partition coefficient (Wildman–Crippen LogP) is 2.90. The van der Waals surface area contributed by atoms with Gasteiger partial charge in [0, 0.05) is 18.3 Å². The van der Waals surface area contributed by atoms with Crippen LogP contribution in [0.3, 0.4) is 0 Å². The molecule has 0 aliphatic rings. The van der Waals surface area contributed by atoms with Gasteiger partial charge in [0.2, 0.25) is 0 Å². The number of benzene rings is 1. The fourth-order valence-corrected chi connectivity index (χ4v) is 2.00. The van der Waals surface area contributed by atoms with Crippen LogP contribution in [-0.4, -0.2) is 30.9 Å². The molecule has 0 saturated heterocycles. The van der Waals surface area contributed by atoms with Crippen LogP contribution in [0.1, 0.15) is 11.7 Å². The molecule has 6 heteroatoms. The van der Waals surface area contributed by atoms with Crippen LogP contribution in [0.5, 0.6) is 11.5 Å². The lowest BCUT2D eigenvalue weighted by Gasteiger charge is -2.16. The molecule has 1 aromatic carbocycles. The van der Waals surface area contributed by atoms with Crippen LogP contribution in [0.25, 0.3) is 0 Å². The van der Waals surface area contributed by atoms with Gasteiger partial charge in [-0.25, -0.2) is 4.98 Å². The Morgan fingerprint density at radius 1 is 1.24 bits per heavy atom. The zero-order valence-corrected chi connectivity index (χ0v) is 12.6. The smallest absolute Gasteiger partial charge is 0.126 e. The highest BCUT2D eigenvalue weighted by Gasteiger charge is 2.14. The van der Waals surface area contributed by atoms with E-state index in [2.05, 4.69) is 10.3 Å². The van der Waals surface area contributed by atoms with Gasteiger partial charge < -0.3 is 19.9 Å². The summed E-state index contributed by atoms with van der Waals surface area (Å²) >= 11 is 5.77. The second kappa shape index (κ2) is 7.15. The van der Waals surface area contributed by atoms with Gasteiger partial charge in [-0.1, -0.05) is 11.6 Å². The number of hydrogen-bond acceptors (Lipinski definition) is 5. The topological polar surface area (TPSA) is 63.6 Å². The number of aromatic nitrogens is 1. The SMILES string of the molecule is COc1ccc(OC)c(C(O)CNc2ccc(Cl)cn2)c1. The van der Waals surface area contributed by atoms with Crippen LogP contribution in [0, 0.1) is 0 Å². The third-order valence-electron chi connectivity index (χ3n) is 3.00. The molecule has 1 aromatic heterocycles. The highest BCUT2D eigenvalue weighted by Crippen LogP contribution is 2.29.